The van der Waals surface area contributed by atoms with Crippen LogP contribution in [0, 0.1) is 5.82 Å². The molecular weight excluding hydrogens is 415 g/mol. The molecular formula is C19H17FN4O3S2. The molecule has 2 heterocycles. The molecule has 2 aromatic carbocycles. The first kappa shape index (κ1) is 19.6. The van der Waals surface area contributed by atoms with E-state index in [1.165, 1.54) is 28.6 Å². The fourth-order valence-corrected chi connectivity index (χ4v) is 5.62. The quantitative estimate of drug-likeness (QED) is 0.669. The van der Waals surface area contributed by atoms with E-state index in [9.17, 15) is 17.6 Å². The van der Waals surface area contributed by atoms with Gasteiger partial charge in [0.25, 0.3) is 0 Å². The maximum atomic E-state index is 13.1. The molecule has 4 rings (SSSR count). The van der Waals surface area contributed by atoms with Crippen LogP contribution in [0.4, 0.5) is 9.52 Å². The van der Waals surface area contributed by atoms with E-state index in [4.69, 9.17) is 0 Å². The Morgan fingerprint density at radius 2 is 1.83 bits per heavy atom. The van der Waals surface area contributed by atoms with Gasteiger partial charge >= 0.3 is 0 Å². The number of hydrogen-bond donors (Lipinski definition) is 1. The van der Waals surface area contributed by atoms with Crippen molar-refractivity contribution >= 4 is 32.4 Å². The Bertz CT molecular complexity index is 1120. The van der Waals surface area contributed by atoms with Gasteiger partial charge in [-0.05, 0) is 49.2 Å². The molecule has 1 saturated heterocycles. The maximum absolute atomic E-state index is 13.1. The van der Waals surface area contributed by atoms with E-state index in [0.717, 1.165) is 11.3 Å². The summed E-state index contributed by atoms with van der Waals surface area (Å²) in [6, 6.07) is 13.1. The zero-order valence-electron chi connectivity index (χ0n) is 15.2. The van der Waals surface area contributed by atoms with Gasteiger partial charge < -0.3 is 0 Å². The molecule has 1 fully saturated rings. The molecule has 29 heavy (non-hydrogen) atoms. The summed E-state index contributed by atoms with van der Waals surface area (Å²) in [6.45, 7) is 0.284. The molecule has 1 aliphatic heterocycles. The van der Waals surface area contributed by atoms with Gasteiger partial charge in [0, 0.05) is 12.1 Å². The molecule has 10 heteroatoms. The fraction of sp³-hybridized carbons (Fsp3) is 0.211. The fourth-order valence-electron chi connectivity index (χ4n) is 3.19. The zero-order valence-corrected chi connectivity index (χ0v) is 16.8. The standard InChI is InChI=1S/C19H17FN4O3S2/c20-14-10-8-13(9-11-14)18-22-23-19(28-18)21-17(25)16-7-4-12-24(16)29(26,27)15-5-2-1-3-6-15/h1-3,5-6,8-11,16H,4,7,12H2,(H,21,23,25). The number of halogens is 1. The van der Waals surface area contributed by atoms with Crippen molar-refractivity contribution in [3.05, 3.63) is 60.4 Å². The van der Waals surface area contributed by atoms with Crippen LogP contribution in [0.25, 0.3) is 10.6 Å². The normalized spacial score (nSPS) is 17.3. The molecule has 0 radical (unpaired) electrons. The first-order chi connectivity index (χ1) is 13.9. The molecule has 1 unspecified atom stereocenters. The van der Waals surface area contributed by atoms with E-state index in [-0.39, 0.29) is 22.4 Å². The number of aromatic nitrogens is 2. The minimum atomic E-state index is -3.76. The second-order valence-electron chi connectivity index (χ2n) is 6.50. The number of nitrogens with one attached hydrogen (secondary N) is 1. The number of hydrogen-bond acceptors (Lipinski definition) is 6. The van der Waals surface area contributed by atoms with Crippen LogP contribution in [0.2, 0.25) is 0 Å². The molecule has 150 valence electrons. The summed E-state index contributed by atoms with van der Waals surface area (Å²) >= 11 is 1.14. The molecule has 1 aliphatic rings. The minimum absolute atomic E-state index is 0.161. The van der Waals surface area contributed by atoms with Crippen LogP contribution in [0.5, 0.6) is 0 Å². The summed E-state index contributed by atoms with van der Waals surface area (Å²) in [6.07, 6.45) is 1.03. The van der Waals surface area contributed by atoms with Gasteiger partial charge in [-0.15, -0.1) is 10.2 Å². The van der Waals surface area contributed by atoms with Gasteiger partial charge in [0.1, 0.15) is 16.9 Å². The summed E-state index contributed by atoms with van der Waals surface area (Å²) in [5.41, 5.74) is 0.679. The highest BCUT2D eigenvalue weighted by Crippen LogP contribution is 2.29. The van der Waals surface area contributed by atoms with E-state index in [2.05, 4.69) is 15.5 Å². The number of anilines is 1. The van der Waals surface area contributed by atoms with Gasteiger partial charge in [-0.1, -0.05) is 29.5 Å². The van der Waals surface area contributed by atoms with Crippen LogP contribution in [0.3, 0.4) is 0 Å². The maximum Gasteiger partial charge on any atom is 0.244 e. The van der Waals surface area contributed by atoms with Gasteiger partial charge in [-0.2, -0.15) is 4.31 Å². The van der Waals surface area contributed by atoms with Crippen LogP contribution >= 0.6 is 11.3 Å². The number of carbonyl (C=O) groups excluding carboxylic acids is 1. The average molecular weight is 433 g/mol. The first-order valence-electron chi connectivity index (χ1n) is 8.92. The van der Waals surface area contributed by atoms with Crippen molar-refractivity contribution in [2.75, 3.05) is 11.9 Å². The second-order valence-corrected chi connectivity index (χ2v) is 9.36. The number of rotatable bonds is 5. The van der Waals surface area contributed by atoms with Gasteiger partial charge in [0.15, 0.2) is 0 Å². The summed E-state index contributed by atoms with van der Waals surface area (Å²) in [7, 11) is -3.76. The van der Waals surface area contributed by atoms with E-state index >= 15 is 0 Å². The largest absolute Gasteiger partial charge is 0.299 e. The molecule has 1 aromatic heterocycles. The van der Waals surface area contributed by atoms with Crippen molar-refractivity contribution in [2.24, 2.45) is 0 Å². The van der Waals surface area contributed by atoms with Gasteiger partial charge in [0.05, 0.1) is 4.90 Å². The Kier molecular flexibility index (Phi) is 5.39. The van der Waals surface area contributed by atoms with Crippen molar-refractivity contribution in [1.29, 1.82) is 0 Å². The number of benzene rings is 2. The zero-order chi connectivity index (χ0) is 20.4. The molecule has 0 bridgehead atoms. The number of nitrogens with zero attached hydrogens (tertiary/aromatic N) is 3. The number of sulfonamides is 1. The molecule has 1 atom stereocenters. The van der Waals surface area contributed by atoms with Crippen LogP contribution in [-0.2, 0) is 14.8 Å². The van der Waals surface area contributed by atoms with Crippen LogP contribution in [0.15, 0.2) is 59.5 Å². The van der Waals surface area contributed by atoms with Crippen molar-refractivity contribution < 1.29 is 17.6 Å². The lowest BCUT2D eigenvalue weighted by atomic mass is 10.2. The van der Waals surface area contributed by atoms with E-state index in [1.54, 1.807) is 30.3 Å². The lowest BCUT2D eigenvalue weighted by Crippen LogP contribution is -2.43. The third-order valence-corrected chi connectivity index (χ3v) is 7.41. The lowest BCUT2D eigenvalue weighted by molar-refractivity contribution is -0.119. The predicted octanol–water partition coefficient (Wildman–Crippen LogP) is 3.14. The lowest BCUT2D eigenvalue weighted by Gasteiger charge is -2.22. The van der Waals surface area contributed by atoms with Crippen LogP contribution in [-0.4, -0.2) is 41.4 Å². The highest BCUT2D eigenvalue weighted by molar-refractivity contribution is 7.89. The van der Waals surface area contributed by atoms with E-state index < -0.39 is 22.0 Å². The Morgan fingerprint density at radius 3 is 2.55 bits per heavy atom. The Balaban J connectivity index is 1.50. The molecule has 1 N–H and O–H groups in total. The minimum Gasteiger partial charge on any atom is -0.299 e. The van der Waals surface area contributed by atoms with E-state index in [1.807, 2.05) is 0 Å². The monoisotopic (exact) mass is 432 g/mol. The highest BCUT2D eigenvalue weighted by atomic mass is 32.2. The third-order valence-electron chi connectivity index (χ3n) is 4.60. The van der Waals surface area contributed by atoms with Crippen molar-refractivity contribution in [1.82, 2.24) is 14.5 Å². The summed E-state index contributed by atoms with van der Waals surface area (Å²) in [5.74, 6) is -0.795. The van der Waals surface area contributed by atoms with Gasteiger partial charge in [0.2, 0.25) is 21.1 Å². The first-order valence-corrected chi connectivity index (χ1v) is 11.2. The second kappa shape index (κ2) is 7.97. The topological polar surface area (TPSA) is 92.3 Å². The van der Waals surface area contributed by atoms with Crippen molar-refractivity contribution in [2.45, 2.75) is 23.8 Å². The summed E-state index contributed by atoms with van der Waals surface area (Å²) in [5, 5.41) is 11.4. The third kappa shape index (κ3) is 4.04. The highest BCUT2D eigenvalue weighted by Gasteiger charge is 2.39. The summed E-state index contributed by atoms with van der Waals surface area (Å²) < 4.78 is 40.1. The van der Waals surface area contributed by atoms with Crippen LogP contribution in [0.1, 0.15) is 12.8 Å². The van der Waals surface area contributed by atoms with E-state index in [0.29, 0.717) is 23.4 Å². The predicted molar refractivity (Wildman–Crippen MR) is 107 cm³/mol. The number of amides is 1. The molecule has 7 nitrogen and oxygen atoms in total. The SMILES string of the molecule is O=C(Nc1nnc(-c2ccc(F)cc2)s1)C1CCCN1S(=O)(=O)c1ccccc1. The van der Waals surface area contributed by atoms with Crippen molar-refractivity contribution in [3.63, 3.8) is 0 Å². The smallest absolute Gasteiger partial charge is 0.244 e. The Hall–Kier alpha value is -2.69. The number of carbonyl (C=O) groups is 1. The molecule has 0 saturated carbocycles. The molecule has 0 spiro atoms. The van der Waals surface area contributed by atoms with Gasteiger partial charge in [-0.3, -0.25) is 10.1 Å². The Morgan fingerprint density at radius 1 is 1.10 bits per heavy atom. The average Bonchev–Trinajstić information content (AvgIpc) is 3.39. The molecule has 0 aliphatic carbocycles. The van der Waals surface area contributed by atoms with Crippen molar-refractivity contribution in [3.8, 4) is 10.6 Å². The molecule has 3 aromatic rings. The van der Waals surface area contributed by atoms with Crippen LogP contribution < -0.4 is 5.32 Å². The molecule has 1 amide bonds. The summed E-state index contributed by atoms with van der Waals surface area (Å²) in [4.78, 5) is 12.9. The van der Waals surface area contributed by atoms with Gasteiger partial charge in [-0.25, -0.2) is 12.8 Å². The Labute approximate surface area is 171 Å².